The van der Waals surface area contributed by atoms with Crippen LogP contribution in [0.25, 0.3) is 0 Å². The minimum atomic E-state index is -1.06. The van der Waals surface area contributed by atoms with E-state index < -0.39 is 23.3 Å². The van der Waals surface area contributed by atoms with Crippen molar-refractivity contribution in [1.29, 1.82) is 0 Å². The molecule has 82 valence electrons. The first-order chi connectivity index (χ1) is 6.76. The number of hydrogen-bond acceptors (Lipinski definition) is 2. The van der Waals surface area contributed by atoms with Crippen molar-refractivity contribution < 1.29 is 19.8 Å². The van der Waals surface area contributed by atoms with Crippen LogP contribution in [-0.4, -0.2) is 22.2 Å². The Hall–Kier alpha value is -1.58. The Bertz CT molecular complexity index is 374. The Balaban J connectivity index is 3.26. The topological polar surface area (TPSA) is 74.6 Å². The zero-order chi connectivity index (χ0) is 11.8. The van der Waals surface area contributed by atoms with Crippen LogP contribution in [0.2, 0.25) is 0 Å². The molecular formula is C11H14O4. The van der Waals surface area contributed by atoms with Gasteiger partial charge in [-0.1, -0.05) is 25.5 Å². The van der Waals surface area contributed by atoms with Crippen molar-refractivity contribution in [1.82, 2.24) is 0 Å². The van der Waals surface area contributed by atoms with Gasteiger partial charge in [0.15, 0.2) is 0 Å². The van der Waals surface area contributed by atoms with Crippen LogP contribution in [0.4, 0.5) is 0 Å². The molecule has 0 bridgehead atoms. The lowest BCUT2D eigenvalue weighted by molar-refractivity contribution is -0.143. The minimum absolute atomic E-state index is 0.148. The van der Waals surface area contributed by atoms with Gasteiger partial charge >= 0.3 is 11.9 Å². The summed E-state index contributed by atoms with van der Waals surface area (Å²) >= 11 is 0. The van der Waals surface area contributed by atoms with Crippen LogP contribution in [0.15, 0.2) is 23.3 Å². The fourth-order valence-electron chi connectivity index (χ4n) is 1.82. The minimum Gasteiger partial charge on any atom is -0.481 e. The molecule has 0 saturated heterocycles. The molecule has 1 atom stereocenters. The smallest absolute Gasteiger partial charge is 0.332 e. The maximum atomic E-state index is 11.0. The molecule has 0 heterocycles. The Morgan fingerprint density at radius 1 is 1.33 bits per heavy atom. The van der Waals surface area contributed by atoms with Gasteiger partial charge in [0.25, 0.3) is 0 Å². The highest BCUT2D eigenvalue weighted by Crippen LogP contribution is 2.40. The summed E-state index contributed by atoms with van der Waals surface area (Å²) in [4.78, 5) is 22.0. The van der Waals surface area contributed by atoms with E-state index >= 15 is 0 Å². The van der Waals surface area contributed by atoms with Crippen LogP contribution in [-0.2, 0) is 9.59 Å². The summed E-state index contributed by atoms with van der Waals surface area (Å²) in [6, 6.07) is 0. The van der Waals surface area contributed by atoms with E-state index in [1.54, 1.807) is 26.8 Å². The van der Waals surface area contributed by atoms with Crippen molar-refractivity contribution in [2.45, 2.75) is 20.8 Å². The van der Waals surface area contributed by atoms with Crippen LogP contribution >= 0.6 is 0 Å². The van der Waals surface area contributed by atoms with Gasteiger partial charge in [-0.25, -0.2) is 4.79 Å². The number of rotatable bonds is 2. The lowest BCUT2D eigenvalue weighted by Crippen LogP contribution is -2.36. The third-order valence-electron chi connectivity index (χ3n) is 2.77. The van der Waals surface area contributed by atoms with Gasteiger partial charge in [-0.15, -0.1) is 0 Å². The fraction of sp³-hybridized carbons (Fsp3) is 0.455. The number of aliphatic carboxylic acids is 2. The van der Waals surface area contributed by atoms with Crippen LogP contribution < -0.4 is 0 Å². The van der Waals surface area contributed by atoms with Crippen molar-refractivity contribution in [3.8, 4) is 0 Å². The molecule has 0 aromatic rings. The Morgan fingerprint density at radius 3 is 2.27 bits per heavy atom. The second kappa shape index (κ2) is 3.53. The van der Waals surface area contributed by atoms with Gasteiger partial charge in [0, 0.05) is 11.0 Å². The molecule has 4 nitrogen and oxygen atoms in total. The molecule has 0 fully saturated rings. The monoisotopic (exact) mass is 210 g/mol. The Morgan fingerprint density at radius 2 is 1.87 bits per heavy atom. The first-order valence-corrected chi connectivity index (χ1v) is 4.63. The van der Waals surface area contributed by atoms with Crippen molar-refractivity contribution in [2.75, 3.05) is 0 Å². The van der Waals surface area contributed by atoms with Crippen molar-refractivity contribution >= 4 is 11.9 Å². The molecule has 0 radical (unpaired) electrons. The Labute approximate surface area is 87.9 Å². The van der Waals surface area contributed by atoms with Gasteiger partial charge in [0.2, 0.25) is 0 Å². The normalized spacial score (nSPS) is 24.1. The highest BCUT2D eigenvalue weighted by molar-refractivity contribution is 5.91. The number of allylic oxidation sites excluding steroid dienone is 2. The molecule has 0 spiro atoms. The molecule has 0 aromatic carbocycles. The fourth-order valence-corrected chi connectivity index (χ4v) is 1.82. The lowest BCUT2D eigenvalue weighted by atomic mass is 9.69. The standard InChI is InChI=1S/C11H14O4/c1-6-4-7(9(12)13)11(2,3)8(5-6)10(14)15/h4-5,7H,1-3H3,(H,12,13)(H,14,15). The highest BCUT2D eigenvalue weighted by atomic mass is 16.4. The van der Waals surface area contributed by atoms with Crippen LogP contribution in [0.3, 0.4) is 0 Å². The first kappa shape index (κ1) is 11.5. The largest absolute Gasteiger partial charge is 0.481 e. The van der Waals surface area contributed by atoms with E-state index in [2.05, 4.69) is 0 Å². The average Bonchev–Trinajstić information content (AvgIpc) is 2.07. The summed E-state index contributed by atoms with van der Waals surface area (Å²) < 4.78 is 0. The molecule has 0 saturated carbocycles. The molecule has 1 rings (SSSR count). The van der Waals surface area contributed by atoms with Crippen LogP contribution in [0.1, 0.15) is 20.8 Å². The lowest BCUT2D eigenvalue weighted by Gasteiger charge is -2.33. The zero-order valence-corrected chi connectivity index (χ0v) is 8.94. The first-order valence-electron chi connectivity index (χ1n) is 4.63. The third-order valence-corrected chi connectivity index (χ3v) is 2.77. The summed E-state index contributed by atoms with van der Waals surface area (Å²) in [7, 11) is 0. The van der Waals surface area contributed by atoms with Gasteiger partial charge in [0.05, 0.1) is 5.92 Å². The van der Waals surface area contributed by atoms with E-state index in [1.165, 1.54) is 6.08 Å². The SMILES string of the molecule is CC1=CC(C(=O)O)C(C)(C)C(C(=O)O)=C1. The second-order valence-corrected chi connectivity index (χ2v) is 4.31. The quantitative estimate of drug-likeness (QED) is 0.727. The maximum absolute atomic E-state index is 11.0. The van der Waals surface area contributed by atoms with Gasteiger partial charge in [-0.2, -0.15) is 0 Å². The van der Waals surface area contributed by atoms with E-state index in [9.17, 15) is 9.59 Å². The number of carbonyl (C=O) groups is 2. The van der Waals surface area contributed by atoms with Crippen molar-refractivity contribution in [2.24, 2.45) is 11.3 Å². The summed E-state index contributed by atoms with van der Waals surface area (Å²) in [5.41, 5.74) is -0.0500. The van der Waals surface area contributed by atoms with Gasteiger partial charge in [-0.05, 0) is 13.0 Å². The molecule has 4 heteroatoms. The number of carboxylic acid groups (broad SMARTS) is 2. The Kier molecular flexibility index (Phi) is 2.71. The third kappa shape index (κ3) is 1.93. The predicted molar refractivity (Wildman–Crippen MR) is 54.4 cm³/mol. The molecule has 0 aliphatic heterocycles. The molecule has 15 heavy (non-hydrogen) atoms. The van der Waals surface area contributed by atoms with Gasteiger partial charge in [-0.3, -0.25) is 4.79 Å². The number of carboxylic acids is 2. The van der Waals surface area contributed by atoms with Crippen molar-refractivity contribution in [3.63, 3.8) is 0 Å². The van der Waals surface area contributed by atoms with Crippen LogP contribution in [0, 0.1) is 11.3 Å². The van der Waals surface area contributed by atoms with E-state index in [0.29, 0.717) is 5.57 Å². The van der Waals surface area contributed by atoms with E-state index in [0.717, 1.165) is 0 Å². The second-order valence-electron chi connectivity index (χ2n) is 4.31. The van der Waals surface area contributed by atoms with E-state index in [4.69, 9.17) is 10.2 Å². The molecule has 1 aliphatic carbocycles. The summed E-state index contributed by atoms with van der Waals surface area (Å²) in [5.74, 6) is -2.83. The summed E-state index contributed by atoms with van der Waals surface area (Å²) in [6.45, 7) is 4.97. The molecule has 1 aliphatic rings. The van der Waals surface area contributed by atoms with E-state index in [1.807, 2.05) is 0 Å². The molecule has 0 aromatic heterocycles. The van der Waals surface area contributed by atoms with Crippen molar-refractivity contribution in [3.05, 3.63) is 23.3 Å². The average molecular weight is 210 g/mol. The van der Waals surface area contributed by atoms with Gasteiger partial charge < -0.3 is 10.2 Å². The summed E-state index contributed by atoms with van der Waals surface area (Å²) in [6.07, 6.45) is 3.12. The van der Waals surface area contributed by atoms with Gasteiger partial charge in [0.1, 0.15) is 0 Å². The summed E-state index contributed by atoms with van der Waals surface area (Å²) in [5, 5.41) is 18.0. The maximum Gasteiger partial charge on any atom is 0.332 e. The zero-order valence-electron chi connectivity index (χ0n) is 8.94. The molecular weight excluding hydrogens is 196 g/mol. The molecule has 0 amide bonds. The van der Waals surface area contributed by atoms with E-state index in [-0.39, 0.29) is 5.57 Å². The molecule has 2 N–H and O–H groups in total. The predicted octanol–water partition coefficient (Wildman–Crippen LogP) is 1.68. The highest BCUT2D eigenvalue weighted by Gasteiger charge is 2.41. The number of hydrogen-bond donors (Lipinski definition) is 2. The van der Waals surface area contributed by atoms with Crippen LogP contribution in [0.5, 0.6) is 0 Å². The molecule has 1 unspecified atom stereocenters.